The Morgan fingerprint density at radius 3 is 1.57 bits per heavy atom. The standard InChI is InChI=1S/C37H50/c1-21-14-28-26(18-30(21)35(7,8)9)27-19-31(36(10,11)12)22(2)15-29(27)33(28)37(13)20-23(3)25-16-24(17-32(25)37)34(4,5)6/h14-15,17-19,23,33H,16,20H2,1-13H3. The maximum Gasteiger partial charge on any atom is 0.0196 e. The highest BCUT2D eigenvalue weighted by Gasteiger charge is 2.51. The molecule has 0 bridgehead atoms. The Morgan fingerprint density at radius 1 is 0.703 bits per heavy atom. The fourth-order valence-electron chi connectivity index (χ4n) is 8.09. The lowest BCUT2D eigenvalue weighted by atomic mass is 9.66. The lowest BCUT2D eigenvalue weighted by molar-refractivity contribution is 0.323. The van der Waals surface area contributed by atoms with Crippen LogP contribution in [0.1, 0.15) is 128 Å². The Bertz CT molecular complexity index is 1280. The molecule has 0 saturated carbocycles. The average Bonchev–Trinajstić information content (AvgIpc) is 3.36. The highest BCUT2D eigenvalue weighted by atomic mass is 14.5. The highest BCUT2D eigenvalue weighted by Crippen LogP contribution is 2.65. The molecule has 0 saturated heterocycles. The zero-order valence-corrected chi connectivity index (χ0v) is 26.0. The molecule has 37 heavy (non-hydrogen) atoms. The van der Waals surface area contributed by atoms with E-state index in [4.69, 9.17) is 0 Å². The summed E-state index contributed by atoms with van der Waals surface area (Å²) in [6, 6.07) is 10.3. The van der Waals surface area contributed by atoms with Crippen molar-refractivity contribution in [1.82, 2.24) is 0 Å². The molecule has 2 aromatic carbocycles. The molecule has 0 heteroatoms. The molecule has 0 amide bonds. The van der Waals surface area contributed by atoms with Gasteiger partial charge in [-0.15, -0.1) is 0 Å². The second-order valence-corrected chi connectivity index (χ2v) is 16.0. The van der Waals surface area contributed by atoms with Gasteiger partial charge in [0.1, 0.15) is 0 Å². The third-order valence-electron chi connectivity index (χ3n) is 9.91. The van der Waals surface area contributed by atoms with Gasteiger partial charge in [0.2, 0.25) is 0 Å². The second kappa shape index (κ2) is 7.97. The molecule has 5 rings (SSSR count). The number of benzene rings is 2. The van der Waals surface area contributed by atoms with Crippen LogP contribution in [0.25, 0.3) is 11.1 Å². The predicted octanol–water partition coefficient (Wildman–Crippen LogP) is 10.7. The van der Waals surface area contributed by atoms with Gasteiger partial charge in [0, 0.05) is 11.3 Å². The van der Waals surface area contributed by atoms with Gasteiger partial charge in [0.15, 0.2) is 0 Å². The molecule has 2 atom stereocenters. The van der Waals surface area contributed by atoms with Gasteiger partial charge in [0.25, 0.3) is 0 Å². The van der Waals surface area contributed by atoms with Crippen LogP contribution in [0.5, 0.6) is 0 Å². The minimum absolute atomic E-state index is 0.118. The van der Waals surface area contributed by atoms with Crippen LogP contribution < -0.4 is 0 Å². The molecule has 3 aliphatic carbocycles. The molecule has 0 aliphatic heterocycles. The van der Waals surface area contributed by atoms with Crippen LogP contribution in [-0.4, -0.2) is 0 Å². The highest BCUT2D eigenvalue weighted by molar-refractivity contribution is 5.82. The molecule has 0 fully saturated rings. The Morgan fingerprint density at radius 2 is 1.16 bits per heavy atom. The van der Waals surface area contributed by atoms with E-state index in [9.17, 15) is 0 Å². The van der Waals surface area contributed by atoms with Crippen LogP contribution in [0.15, 0.2) is 47.1 Å². The smallest absolute Gasteiger partial charge is 0.0196 e. The fourth-order valence-corrected chi connectivity index (χ4v) is 8.09. The first-order valence-electron chi connectivity index (χ1n) is 14.6. The van der Waals surface area contributed by atoms with Gasteiger partial charge in [-0.05, 0) is 98.9 Å². The summed E-state index contributed by atoms with van der Waals surface area (Å²) in [5.41, 5.74) is 17.6. The van der Waals surface area contributed by atoms with Crippen molar-refractivity contribution in [3.05, 3.63) is 80.4 Å². The molecule has 198 valence electrons. The minimum Gasteiger partial charge on any atom is -0.0605 e. The zero-order chi connectivity index (χ0) is 27.5. The molecule has 0 aromatic heterocycles. The SMILES string of the molecule is Cc1cc2c(cc1C(C)(C)C)-c1cc(C(C)(C)C)c(C)cc1C2C1(C)CC(C)C2=C1C=C(C(C)(C)C)C2. The van der Waals surface area contributed by atoms with Crippen LogP contribution in [0.4, 0.5) is 0 Å². The van der Waals surface area contributed by atoms with Gasteiger partial charge in [-0.1, -0.05) is 118 Å². The van der Waals surface area contributed by atoms with Crippen LogP contribution in [-0.2, 0) is 10.8 Å². The Hall–Kier alpha value is -2.08. The predicted molar refractivity (Wildman–Crippen MR) is 162 cm³/mol. The molecular formula is C37H50. The summed E-state index contributed by atoms with van der Waals surface area (Å²) >= 11 is 0. The van der Waals surface area contributed by atoms with Crippen molar-refractivity contribution in [2.45, 2.75) is 120 Å². The van der Waals surface area contributed by atoms with Gasteiger partial charge in [-0.3, -0.25) is 0 Å². The number of aryl methyl sites for hydroxylation is 2. The average molecular weight is 495 g/mol. The normalized spacial score (nSPS) is 23.9. The first-order valence-corrected chi connectivity index (χ1v) is 14.6. The summed E-state index contributed by atoms with van der Waals surface area (Å²) in [6.07, 6.45) is 5.05. The van der Waals surface area contributed by atoms with Crippen molar-refractivity contribution in [3.8, 4) is 11.1 Å². The van der Waals surface area contributed by atoms with Crippen molar-refractivity contribution >= 4 is 0 Å². The van der Waals surface area contributed by atoms with Crippen molar-refractivity contribution in [2.24, 2.45) is 16.7 Å². The van der Waals surface area contributed by atoms with Crippen LogP contribution in [0.3, 0.4) is 0 Å². The fraction of sp³-hybridized carbons (Fsp3) is 0.568. The van der Waals surface area contributed by atoms with Crippen molar-refractivity contribution in [1.29, 1.82) is 0 Å². The van der Waals surface area contributed by atoms with E-state index in [1.165, 1.54) is 46.2 Å². The Kier molecular flexibility index (Phi) is 5.71. The number of hydrogen-bond acceptors (Lipinski definition) is 0. The van der Waals surface area contributed by atoms with Crippen molar-refractivity contribution in [3.63, 3.8) is 0 Å². The zero-order valence-electron chi connectivity index (χ0n) is 26.0. The maximum atomic E-state index is 2.63. The molecule has 2 aromatic rings. The number of hydrogen-bond donors (Lipinski definition) is 0. The summed E-state index contributed by atoms with van der Waals surface area (Å²) < 4.78 is 0. The van der Waals surface area contributed by atoms with Crippen LogP contribution in [0.2, 0.25) is 0 Å². The lowest BCUT2D eigenvalue weighted by Gasteiger charge is -2.37. The quantitative estimate of drug-likeness (QED) is 0.370. The minimum atomic E-state index is 0.118. The van der Waals surface area contributed by atoms with E-state index in [0.29, 0.717) is 11.8 Å². The van der Waals surface area contributed by atoms with E-state index >= 15 is 0 Å². The first kappa shape index (κ1) is 26.5. The van der Waals surface area contributed by atoms with E-state index in [2.05, 4.69) is 120 Å². The number of fused-ring (bicyclic) bond motifs is 3. The van der Waals surface area contributed by atoms with E-state index in [-0.39, 0.29) is 21.7 Å². The third-order valence-corrected chi connectivity index (χ3v) is 9.91. The molecule has 2 unspecified atom stereocenters. The molecule has 0 heterocycles. The summed E-state index contributed by atoms with van der Waals surface area (Å²) in [5, 5.41) is 0. The monoisotopic (exact) mass is 494 g/mol. The molecule has 0 nitrogen and oxygen atoms in total. The van der Waals surface area contributed by atoms with Crippen LogP contribution >= 0.6 is 0 Å². The summed E-state index contributed by atoms with van der Waals surface area (Å²) in [6.45, 7) is 31.1. The lowest BCUT2D eigenvalue weighted by Crippen LogP contribution is -2.26. The Balaban J connectivity index is 1.79. The second-order valence-electron chi connectivity index (χ2n) is 16.0. The van der Waals surface area contributed by atoms with Crippen molar-refractivity contribution in [2.75, 3.05) is 0 Å². The largest absolute Gasteiger partial charge is 0.0605 e. The summed E-state index contributed by atoms with van der Waals surface area (Å²) in [7, 11) is 0. The number of rotatable bonds is 1. The molecule has 3 aliphatic rings. The first-order chi connectivity index (χ1) is 16.8. The van der Waals surface area contributed by atoms with Gasteiger partial charge < -0.3 is 0 Å². The maximum absolute atomic E-state index is 2.63. The van der Waals surface area contributed by atoms with Crippen LogP contribution in [0, 0.1) is 30.6 Å². The summed E-state index contributed by atoms with van der Waals surface area (Å²) in [4.78, 5) is 0. The molecule has 0 N–H and O–H groups in total. The van der Waals surface area contributed by atoms with Gasteiger partial charge in [0.05, 0.1) is 0 Å². The third kappa shape index (κ3) is 4.00. The van der Waals surface area contributed by atoms with E-state index in [1.54, 1.807) is 27.8 Å². The molecular weight excluding hydrogens is 444 g/mol. The van der Waals surface area contributed by atoms with Gasteiger partial charge >= 0.3 is 0 Å². The van der Waals surface area contributed by atoms with E-state index in [0.717, 1.165) is 0 Å². The topological polar surface area (TPSA) is 0 Å². The van der Waals surface area contributed by atoms with Gasteiger partial charge in [-0.25, -0.2) is 0 Å². The number of allylic oxidation sites excluding steroid dienone is 4. The molecule has 0 radical (unpaired) electrons. The molecule has 0 spiro atoms. The Labute approximate surface area is 227 Å². The van der Waals surface area contributed by atoms with E-state index in [1.807, 2.05) is 0 Å². The van der Waals surface area contributed by atoms with Gasteiger partial charge in [-0.2, -0.15) is 0 Å². The van der Waals surface area contributed by atoms with E-state index < -0.39 is 0 Å². The van der Waals surface area contributed by atoms with Crippen molar-refractivity contribution < 1.29 is 0 Å². The summed E-state index contributed by atoms with van der Waals surface area (Å²) in [5.74, 6) is 1.05.